The standard InChI is InChI=1S/C23H23ClFN3O5/c1-30-18-10-14(11-19(31-2)20(18)32-3)23(29)28-8-6-13(7-9-28)22-26-21(27-33-22)16-5-4-15(24)12-17(16)25/h4-5,10-13H,6-9H2,1-3H3. The molecule has 0 unspecified atom stereocenters. The smallest absolute Gasteiger partial charge is 0.254 e. The molecule has 174 valence electrons. The number of carbonyl (C=O) groups excluding carboxylic acids is 1. The first-order chi connectivity index (χ1) is 15.9. The van der Waals surface area contributed by atoms with Gasteiger partial charge in [-0.25, -0.2) is 4.39 Å². The van der Waals surface area contributed by atoms with Crippen LogP contribution in [0.3, 0.4) is 0 Å². The molecule has 4 rings (SSSR count). The summed E-state index contributed by atoms with van der Waals surface area (Å²) in [7, 11) is 4.52. The van der Waals surface area contributed by atoms with Gasteiger partial charge in [0, 0.05) is 29.6 Å². The number of piperidine rings is 1. The summed E-state index contributed by atoms with van der Waals surface area (Å²) in [6.45, 7) is 1.01. The number of hydrogen-bond donors (Lipinski definition) is 0. The van der Waals surface area contributed by atoms with Gasteiger partial charge in [0.25, 0.3) is 5.91 Å². The SMILES string of the molecule is COc1cc(C(=O)N2CCC(c3nc(-c4ccc(Cl)cc4F)no3)CC2)cc(OC)c1OC. The second kappa shape index (κ2) is 9.66. The van der Waals surface area contributed by atoms with Crippen LogP contribution in [0, 0.1) is 5.82 Å². The number of hydrogen-bond acceptors (Lipinski definition) is 7. The number of ether oxygens (including phenoxy) is 3. The summed E-state index contributed by atoms with van der Waals surface area (Å²) in [6, 6.07) is 7.58. The van der Waals surface area contributed by atoms with Crippen molar-refractivity contribution in [3.05, 3.63) is 52.6 Å². The summed E-state index contributed by atoms with van der Waals surface area (Å²) < 4.78 is 35.6. The molecule has 10 heteroatoms. The first-order valence-electron chi connectivity index (χ1n) is 10.3. The molecule has 0 saturated carbocycles. The molecule has 0 N–H and O–H groups in total. The van der Waals surface area contributed by atoms with Crippen molar-refractivity contribution in [1.29, 1.82) is 0 Å². The average molecular weight is 476 g/mol. The minimum absolute atomic E-state index is 0.0226. The Balaban J connectivity index is 1.45. The predicted octanol–water partition coefficient (Wildman–Crippen LogP) is 4.57. The van der Waals surface area contributed by atoms with Gasteiger partial charge < -0.3 is 23.6 Å². The van der Waals surface area contributed by atoms with Crippen molar-refractivity contribution in [3.8, 4) is 28.6 Å². The largest absolute Gasteiger partial charge is 0.493 e. The van der Waals surface area contributed by atoms with E-state index < -0.39 is 5.82 Å². The normalized spacial score (nSPS) is 14.3. The zero-order chi connectivity index (χ0) is 23.5. The van der Waals surface area contributed by atoms with E-state index in [2.05, 4.69) is 10.1 Å². The lowest BCUT2D eigenvalue weighted by Crippen LogP contribution is -2.38. The predicted molar refractivity (Wildman–Crippen MR) is 119 cm³/mol. The molecule has 2 heterocycles. The Morgan fingerprint density at radius 2 is 1.76 bits per heavy atom. The molecule has 2 aromatic carbocycles. The molecule has 0 bridgehead atoms. The Hall–Kier alpha value is -3.33. The molecule has 1 saturated heterocycles. The first-order valence-corrected chi connectivity index (χ1v) is 10.7. The molecule has 0 aliphatic carbocycles. The van der Waals surface area contributed by atoms with Crippen molar-refractivity contribution >= 4 is 17.5 Å². The highest BCUT2D eigenvalue weighted by Gasteiger charge is 2.29. The highest BCUT2D eigenvalue weighted by molar-refractivity contribution is 6.30. The number of halogens is 2. The number of rotatable bonds is 6. The number of likely N-dealkylation sites (tertiary alicyclic amines) is 1. The molecule has 33 heavy (non-hydrogen) atoms. The van der Waals surface area contributed by atoms with Gasteiger partial charge in [-0.05, 0) is 43.2 Å². The van der Waals surface area contributed by atoms with Crippen LogP contribution in [-0.2, 0) is 0 Å². The first kappa shape index (κ1) is 22.8. The molecule has 1 aliphatic rings. The fourth-order valence-corrected chi connectivity index (χ4v) is 4.06. The molecule has 0 atom stereocenters. The lowest BCUT2D eigenvalue weighted by Gasteiger charge is -2.30. The summed E-state index contributed by atoms with van der Waals surface area (Å²) in [5, 5.41) is 4.21. The quantitative estimate of drug-likeness (QED) is 0.516. The van der Waals surface area contributed by atoms with E-state index in [1.807, 2.05) is 0 Å². The van der Waals surface area contributed by atoms with Crippen molar-refractivity contribution < 1.29 is 27.9 Å². The number of methoxy groups -OCH3 is 3. The second-order valence-electron chi connectivity index (χ2n) is 7.56. The monoisotopic (exact) mass is 475 g/mol. The van der Waals surface area contributed by atoms with Gasteiger partial charge in [0.05, 0.1) is 26.9 Å². The van der Waals surface area contributed by atoms with Gasteiger partial charge in [0.2, 0.25) is 17.5 Å². The van der Waals surface area contributed by atoms with Crippen molar-refractivity contribution in [2.24, 2.45) is 0 Å². The summed E-state index contributed by atoms with van der Waals surface area (Å²) in [5.41, 5.74) is 0.672. The maximum Gasteiger partial charge on any atom is 0.254 e. The molecule has 1 amide bonds. The Kier molecular flexibility index (Phi) is 6.69. The van der Waals surface area contributed by atoms with E-state index in [0.717, 1.165) is 0 Å². The van der Waals surface area contributed by atoms with Crippen LogP contribution >= 0.6 is 11.6 Å². The van der Waals surface area contributed by atoms with Crippen LogP contribution in [0.25, 0.3) is 11.4 Å². The summed E-state index contributed by atoms with van der Waals surface area (Å²) in [5.74, 6) is 1.20. The van der Waals surface area contributed by atoms with E-state index in [4.69, 9.17) is 30.3 Å². The highest BCUT2D eigenvalue weighted by atomic mass is 35.5. The third-order valence-corrected chi connectivity index (χ3v) is 5.89. The van der Waals surface area contributed by atoms with Crippen molar-refractivity contribution in [1.82, 2.24) is 15.0 Å². The minimum atomic E-state index is -0.513. The van der Waals surface area contributed by atoms with Gasteiger partial charge in [-0.3, -0.25) is 4.79 Å². The van der Waals surface area contributed by atoms with Crippen LogP contribution in [0.5, 0.6) is 17.2 Å². The molecule has 1 aliphatic heterocycles. The second-order valence-corrected chi connectivity index (χ2v) is 8.00. The van der Waals surface area contributed by atoms with Gasteiger partial charge in [-0.1, -0.05) is 16.8 Å². The van der Waals surface area contributed by atoms with Crippen LogP contribution in [0.4, 0.5) is 4.39 Å². The maximum atomic E-state index is 14.2. The number of benzene rings is 2. The fraction of sp³-hybridized carbons (Fsp3) is 0.348. The molecule has 0 radical (unpaired) electrons. The zero-order valence-corrected chi connectivity index (χ0v) is 19.2. The third-order valence-electron chi connectivity index (χ3n) is 5.66. The Morgan fingerprint density at radius 3 is 2.33 bits per heavy atom. The molecular formula is C23H23ClFN3O5. The van der Waals surface area contributed by atoms with E-state index >= 15 is 0 Å². The summed E-state index contributed by atoms with van der Waals surface area (Å²) in [4.78, 5) is 19.2. The van der Waals surface area contributed by atoms with Gasteiger partial charge >= 0.3 is 0 Å². The van der Waals surface area contributed by atoms with E-state index in [9.17, 15) is 9.18 Å². The Morgan fingerprint density at radius 1 is 1.09 bits per heavy atom. The number of aromatic nitrogens is 2. The summed E-state index contributed by atoms with van der Waals surface area (Å²) in [6.07, 6.45) is 1.28. The molecule has 0 spiro atoms. The minimum Gasteiger partial charge on any atom is -0.493 e. The third kappa shape index (κ3) is 4.59. The topological polar surface area (TPSA) is 86.9 Å². The zero-order valence-electron chi connectivity index (χ0n) is 18.4. The van der Waals surface area contributed by atoms with Crippen LogP contribution in [0.2, 0.25) is 5.02 Å². The number of carbonyl (C=O) groups is 1. The Bertz CT molecular complexity index is 1140. The highest BCUT2D eigenvalue weighted by Crippen LogP contribution is 2.39. The lowest BCUT2D eigenvalue weighted by molar-refractivity contribution is 0.0703. The van der Waals surface area contributed by atoms with Crippen LogP contribution in [0.15, 0.2) is 34.9 Å². The van der Waals surface area contributed by atoms with Gasteiger partial charge in [-0.15, -0.1) is 0 Å². The van der Waals surface area contributed by atoms with E-state index in [1.54, 1.807) is 23.1 Å². The average Bonchev–Trinajstić information content (AvgIpc) is 3.32. The van der Waals surface area contributed by atoms with Gasteiger partial charge in [-0.2, -0.15) is 4.98 Å². The fourth-order valence-electron chi connectivity index (χ4n) is 3.90. The van der Waals surface area contributed by atoms with Crippen LogP contribution in [-0.4, -0.2) is 55.4 Å². The van der Waals surface area contributed by atoms with Crippen LogP contribution in [0.1, 0.15) is 35.0 Å². The molecule has 1 aromatic heterocycles. The van der Waals surface area contributed by atoms with Crippen LogP contribution < -0.4 is 14.2 Å². The van der Waals surface area contributed by atoms with Crippen molar-refractivity contribution in [3.63, 3.8) is 0 Å². The van der Waals surface area contributed by atoms with Crippen molar-refractivity contribution in [2.45, 2.75) is 18.8 Å². The molecule has 1 fully saturated rings. The van der Waals surface area contributed by atoms with Gasteiger partial charge in [0.15, 0.2) is 11.5 Å². The van der Waals surface area contributed by atoms with Gasteiger partial charge in [0.1, 0.15) is 5.82 Å². The van der Waals surface area contributed by atoms with E-state index in [-0.39, 0.29) is 23.2 Å². The van der Waals surface area contributed by atoms with E-state index in [0.29, 0.717) is 59.7 Å². The number of amides is 1. The molecule has 8 nitrogen and oxygen atoms in total. The maximum absolute atomic E-state index is 14.2. The Labute approximate surface area is 195 Å². The molecule has 3 aromatic rings. The molecular weight excluding hydrogens is 453 g/mol. The lowest BCUT2D eigenvalue weighted by atomic mass is 9.96. The van der Waals surface area contributed by atoms with E-state index in [1.165, 1.54) is 33.5 Å². The number of nitrogens with zero attached hydrogens (tertiary/aromatic N) is 3. The van der Waals surface area contributed by atoms with Crippen molar-refractivity contribution in [2.75, 3.05) is 34.4 Å². The summed E-state index contributed by atoms with van der Waals surface area (Å²) >= 11 is 5.81.